The van der Waals surface area contributed by atoms with Gasteiger partial charge in [-0.25, -0.2) is 9.97 Å². The molecule has 0 unspecified atom stereocenters. The van der Waals surface area contributed by atoms with Crippen molar-refractivity contribution in [3.8, 4) is 17.0 Å². The van der Waals surface area contributed by atoms with E-state index in [2.05, 4.69) is 26.8 Å². The summed E-state index contributed by atoms with van der Waals surface area (Å²) in [5.74, 6) is -0.764. The van der Waals surface area contributed by atoms with Crippen molar-refractivity contribution in [1.29, 1.82) is 0 Å². The summed E-state index contributed by atoms with van der Waals surface area (Å²) >= 11 is 9.84. The molecule has 0 saturated heterocycles. The molecule has 1 aliphatic carbocycles. The molecule has 29 heavy (non-hydrogen) atoms. The van der Waals surface area contributed by atoms with Crippen molar-refractivity contribution in [3.05, 3.63) is 34.1 Å². The summed E-state index contributed by atoms with van der Waals surface area (Å²) in [4.78, 5) is 20.4. The van der Waals surface area contributed by atoms with Gasteiger partial charge < -0.3 is 4.18 Å². The molecule has 0 bridgehead atoms. The number of hydrogen-bond donors (Lipinski definition) is 1. The lowest BCUT2D eigenvalue weighted by molar-refractivity contribution is -0.0499. The van der Waals surface area contributed by atoms with Crippen LogP contribution >= 0.6 is 24.2 Å². The molecule has 3 rings (SSSR count). The number of thiol groups is 1. The Bertz CT molecular complexity index is 1080. The molecule has 1 aliphatic rings. The topological polar surface area (TPSA) is 91.2 Å². The van der Waals surface area contributed by atoms with Gasteiger partial charge in [0, 0.05) is 18.3 Å². The minimum absolute atomic E-state index is 0.0478. The van der Waals surface area contributed by atoms with E-state index in [1.807, 2.05) is 0 Å². The Labute approximate surface area is 174 Å². The van der Waals surface area contributed by atoms with Crippen LogP contribution in [0.2, 0.25) is 5.15 Å². The van der Waals surface area contributed by atoms with Crippen LogP contribution in [0.15, 0.2) is 28.3 Å². The van der Waals surface area contributed by atoms with Crippen LogP contribution in [0.4, 0.5) is 13.2 Å². The number of halogens is 4. The van der Waals surface area contributed by atoms with E-state index in [1.54, 1.807) is 0 Å². The van der Waals surface area contributed by atoms with E-state index < -0.39 is 26.9 Å². The van der Waals surface area contributed by atoms with Crippen LogP contribution in [0.25, 0.3) is 11.3 Å². The molecular formula is C16H15ClF3N3O4S2. The van der Waals surface area contributed by atoms with E-state index >= 15 is 0 Å². The van der Waals surface area contributed by atoms with Gasteiger partial charge in [-0.15, -0.1) is 12.6 Å². The maximum Gasteiger partial charge on any atom is 0.534 e. The van der Waals surface area contributed by atoms with E-state index in [0.29, 0.717) is 0 Å². The summed E-state index contributed by atoms with van der Waals surface area (Å²) in [7, 11) is -5.97. The van der Waals surface area contributed by atoms with Gasteiger partial charge in [-0.1, -0.05) is 30.9 Å². The van der Waals surface area contributed by atoms with E-state index in [1.165, 1.54) is 10.9 Å². The third-order valence-electron chi connectivity index (χ3n) is 4.51. The average Bonchev–Trinajstić information content (AvgIpc) is 2.64. The third-order valence-corrected chi connectivity index (χ3v) is 6.09. The van der Waals surface area contributed by atoms with Crippen molar-refractivity contribution in [2.45, 2.75) is 48.5 Å². The van der Waals surface area contributed by atoms with Gasteiger partial charge >= 0.3 is 15.6 Å². The Morgan fingerprint density at radius 3 is 2.48 bits per heavy atom. The highest BCUT2D eigenvalue weighted by atomic mass is 35.5. The van der Waals surface area contributed by atoms with Gasteiger partial charge in [0.1, 0.15) is 5.15 Å². The number of hydrogen-bond acceptors (Lipinski definition) is 7. The van der Waals surface area contributed by atoms with Crippen LogP contribution in [0, 0.1) is 0 Å². The number of pyridine rings is 1. The van der Waals surface area contributed by atoms with Crippen molar-refractivity contribution in [2.24, 2.45) is 0 Å². The Hall–Kier alpha value is -1.79. The van der Waals surface area contributed by atoms with Gasteiger partial charge in [0.15, 0.2) is 5.75 Å². The Balaban J connectivity index is 2.07. The predicted octanol–water partition coefficient (Wildman–Crippen LogP) is 3.98. The Morgan fingerprint density at radius 1 is 1.21 bits per heavy atom. The van der Waals surface area contributed by atoms with Gasteiger partial charge in [-0.05, 0) is 12.8 Å². The Morgan fingerprint density at radius 2 is 1.86 bits per heavy atom. The molecule has 1 fully saturated rings. The average molecular weight is 470 g/mol. The molecule has 158 valence electrons. The van der Waals surface area contributed by atoms with Gasteiger partial charge in [-0.3, -0.25) is 9.36 Å². The van der Waals surface area contributed by atoms with E-state index in [9.17, 15) is 26.4 Å². The fourth-order valence-corrected chi connectivity index (χ4v) is 4.01. The van der Waals surface area contributed by atoms with Crippen LogP contribution in [0.5, 0.6) is 5.75 Å². The quantitative estimate of drug-likeness (QED) is 0.315. The molecule has 0 atom stereocenters. The first kappa shape index (κ1) is 21.9. The van der Waals surface area contributed by atoms with Crippen LogP contribution in [-0.2, 0) is 10.1 Å². The predicted molar refractivity (Wildman–Crippen MR) is 102 cm³/mol. The zero-order valence-electron chi connectivity index (χ0n) is 14.7. The molecule has 2 heterocycles. The van der Waals surface area contributed by atoms with Gasteiger partial charge in [0.05, 0.1) is 22.5 Å². The highest BCUT2D eigenvalue weighted by Crippen LogP contribution is 2.36. The highest BCUT2D eigenvalue weighted by Gasteiger charge is 2.49. The second-order valence-electron chi connectivity index (χ2n) is 6.43. The van der Waals surface area contributed by atoms with Crippen LogP contribution in [0.3, 0.4) is 0 Å². The molecule has 0 radical (unpaired) electrons. The second kappa shape index (κ2) is 8.15. The fraction of sp³-hybridized carbons (Fsp3) is 0.438. The molecule has 13 heteroatoms. The molecule has 1 saturated carbocycles. The molecular weight excluding hydrogens is 455 g/mol. The first-order chi connectivity index (χ1) is 13.5. The van der Waals surface area contributed by atoms with Gasteiger partial charge in [0.25, 0.3) is 5.56 Å². The maximum atomic E-state index is 12.7. The van der Waals surface area contributed by atoms with Crippen molar-refractivity contribution in [3.63, 3.8) is 0 Å². The number of aromatic nitrogens is 3. The molecule has 2 aromatic rings. The molecule has 0 N–H and O–H groups in total. The minimum atomic E-state index is -5.97. The minimum Gasteiger partial charge on any atom is -0.375 e. The normalized spacial score (nSPS) is 16.0. The summed E-state index contributed by atoms with van der Waals surface area (Å²) < 4.78 is 66.6. The summed E-state index contributed by atoms with van der Waals surface area (Å²) in [6.45, 7) is 0. The van der Waals surface area contributed by atoms with Gasteiger partial charge in [-0.2, -0.15) is 21.6 Å². The molecule has 0 aromatic carbocycles. The first-order valence-corrected chi connectivity index (χ1v) is 10.7. The van der Waals surface area contributed by atoms with E-state index in [-0.39, 0.29) is 27.3 Å². The smallest absolute Gasteiger partial charge is 0.375 e. The monoisotopic (exact) mass is 469 g/mol. The van der Waals surface area contributed by atoms with Crippen LogP contribution in [-0.4, -0.2) is 28.5 Å². The first-order valence-electron chi connectivity index (χ1n) is 8.48. The van der Waals surface area contributed by atoms with Crippen LogP contribution < -0.4 is 9.74 Å². The number of rotatable bonds is 4. The third kappa shape index (κ3) is 4.53. The van der Waals surface area contributed by atoms with Crippen molar-refractivity contribution in [1.82, 2.24) is 14.5 Å². The zero-order chi connectivity index (χ0) is 21.4. The van der Waals surface area contributed by atoms with Crippen molar-refractivity contribution >= 4 is 34.3 Å². The molecule has 0 amide bonds. The Kier molecular flexibility index (Phi) is 6.16. The molecule has 0 spiro atoms. The SMILES string of the molecule is O=c1c(S)c(-c2cnc(Cl)cc2OS(=O)(=O)C(F)(F)F)ncn1C1CCCCC1. The number of alkyl halides is 3. The fourth-order valence-electron chi connectivity index (χ4n) is 3.10. The summed E-state index contributed by atoms with van der Waals surface area (Å²) in [5.41, 5.74) is -6.58. The second-order valence-corrected chi connectivity index (χ2v) is 8.80. The van der Waals surface area contributed by atoms with Crippen molar-refractivity contribution < 1.29 is 25.8 Å². The van der Waals surface area contributed by atoms with Crippen LogP contribution in [0.1, 0.15) is 38.1 Å². The van der Waals surface area contributed by atoms with Gasteiger partial charge in [0.2, 0.25) is 0 Å². The summed E-state index contributed by atoms with van der Waals surface area (Å²) in [6, 6.07) is 0.746. The number of nitrogens with zero attached hydrogens (tertiary/aromatic N) is 3. The van der Waals surface area contributed by atoms with Crippen molar-refractivity contribution in [2.75, 3.05) is 0 Å². The molecule has 7 nitrogen and oxygen atoms in total. The standard InChI is InChI=1S/C16H15ClF3N3O4S2/c17-12-6-11(27-29(25,26)16(18,19)20)10(7-21-12)13-14(28)15(24)23(8-22-13)9-4-2-1-3-5-9/h6-9,28H,1-5H2. The largest absolute Gasteiger partial charge is 0.534 e. The molecule has 0 aliphatic heterocycles. The lowest BCUT2D eigenvalue weighted by Crippen LogP contribution is -2.29. The molecule has 2 aromatic heterocycles. The highest BCUT2D eigenvalue weighted by molar-refractivity contribution is 7.88. The maximum absolute atomic E-state index is 12.7. The lowest BCUT2D eigenvalue weighted by atomic mass is 9.95. The van der Waals surface area contributed by atoms with E-state index in [4.69, 9.17) is 11.6 Å². The zero-order valence-corrected chi connectivity index (χ0v) is 17.2. The summed E-state index contributed by atoms with van der Waals surface area (Å²) in [6.07, 6.45) is 6.85. The summed E-state index contributed by atoms with van der Waals surface area (Å²) in [5, 5.41) is -0.308. The lowest BCUT2D eigenvalue weighted by Gasteiger charge is -2.24. The van der Waals surface area contributed by atoms with E-state index in [0.717, 1.165) is 44.4 Å².